The van der Waals surface area contributed by atoms with E-state index in [2.05, 4.69) is 0 Å². The van der Waals surface area contributed by atoms with Crippen molar-refractivity contribution in [3.05, 3.63) is 47.5 Å². The monoisotopic (exact) mass is 405 g/mol. The Balaban J connectivity index is 2.34. The van der Waals surface area contributed by atoms with Crippen LogP contribution in [0.25, 0.3) is 0 Å². The molecule has 0 fully saturated rings. The molecule has 0 spiro atoms. The SMILES string of the molecule is COc1cc(CC(O)(C(N)=O)C(CO)Cc2ccc(OC)c(OC)c2)ccc1O. The predicted molar refractivity (Wildman–Crippen MR) is 106 cm³/mol. The van der Waals surface area contributed by atoms with Crippen LogP contribution in [0.3, 0.4) is 0 Å². The minimum absolute atomic E-state index is 0.0668. The van der Waals surface area contributed by atoms with Crippen LogP contribution in [0.15, 0.2) is 36.4 Å². The maximum atomic E-state index is 12.2. The molecular weight excluding hydrogens is 378 g/mol. The Labute approximate surface area is 169 Å². The van der Waals surface area contributed by atoms with Crippen LogP contribution in [0.4, 0.5) is 0 Å². The number of phenols is 1. The molecule has 8 heteroatoms. The molecule has 0 saturated carbocycles. The Bertz CT molecular complexity index is 855. The Hall–Kier alpha value is -2.97. The molecule has 29 heavy (non-hydrogen) atoms. The van der Waals surface area contributed by atoms with Crippen molar-refractivity contribution in [2.45, 2.75) is 18.4 Å². The molecule has 2 aromatic rings. The summed E-state index contributed by atoms with van der Waals surface area (Å²) in [5, 5.41) is 30.8. The number of methoxy groups -OCH3 is 3. The summed E-state index contributed by atoms with van der Waals surface area (Å²) >= 11 is 0. The van der Waals surface area contributed by atoms with Gasteiger partial charge in [0.05, 0.1) is 21.3 Å². The zero-order valence-electron chi connectivity index (χ0n) is 16.7. The van der Waals surface area contributed by atoms with E-state index in [-0.39, 0.29) is 24.3 Å². The third kappa shape index (κ3) is 4.90. The van der Waals surface area contributed by atoms with E-state index in [1.165, 1.54) is 33.5 Å². The minimum Gasteiger partial charge on any atom is -0.504 e. The van der Waals surface area contributed by atoms with Gasteiger partial charge in [-0.2, -0.15) is 0 Å². The molecule has 0 aliphatic rings. The maximum absolute atomic E-state index is 12.2. The third-order valence-electron chi connectivity index (χ3n) is 4.97. The van der Waals surface area contributed by atoms with Crippen molar-refractivity contribution < 1.29 is 34.3 Å². The molecule has 0 aliphatic heterocycles. The van der Waals surface area contributed by atoms with Crippen molar-refractivity contribution in [3.63, 3.8) is 0 Å². The summed E-state index contributed by atoms with van der Waals surface area (Å²) in [7, 11) is 4.42. The molecule has 0 aliphatic carbocycles. The maximum Gasteiger partial charge on any atom is 0.250 e. The number of hydrogen-bond acceptors (Lipinski definition) is 7. The molecule has 158 valence electrons. The van der Waals surface area contributed by atoms with Crippen LogP contribution < -0.4 is 19.9 Å². The molecule has 8 nitrogen and oxygen atoms in total. The van der Waals surface area contributed by atoms with E-state index in [1.807, 2.05) is 0 Å². The number of aliphatic hydroxyl groups excluding tert-OH is 1. The van der Waals surface area contributed by atoms with Gasteiger partial charge in [0.2, 0.25) is 5.91 Å². The van der Waals surface area contributed by atoms with Gasteiger partial charge in [0, 0.05) is 18.9 Å². The molecular formula is C21H27NO7. The summed E-state index contributed by atoms with van der Waals surface area (Å²) in [5.74, 6) is -0.662. The molecule has 2 unspecified atom stereocenters. The van der Waals surface area contributed by atoms with E-state index < -0.39 is 24.0 Å². The molecule has 0 heterocycles. The zero-order valence-corrected chi connectivity index (χ0v) is 16.7. The molecule has 0 saturated heterocycles. The lowest BCUT2D eigenvalue weighted by molar-refractivity contribution is -0.144. The molecule has 0 aromatic heterocycles. The van der Waals surface area contributed by atoms with E-state index in [4.69, 9.17) is 19.9 Å². The molecule has 2 rings (SSSR count). The lowest BCUT2D eigenvalue weighted by Crippen LogP contribution is -2.53. The van der Waals surface area contributed by atoms with E-state index in [9.17, 15) is 20.1 Å². The van der Waals surface area contributed by atoms with Gasteiger partial charge in [0.15, 0.2) is 28.6 Å². The average Bonchev–Trinajstić information content (AvgIpc) is 2.72. The largest absolute Gasteiger partial charge is 0.504 e. The van der Waals surface area contributed by atoms with Crippen LogP contribution in [-0.2, 0) is 17.6 Å². The molecule has 0 bridgehead atoms. The fourth-order valence-electron chi connectivity index (χ4n) is 3.25. The molecule has 2 atom stereocenters. The number of carbonyl (C=O) groups excluding carboxylic acids is 1. The van der Waals surface area contributed by atoms with E-state index in [0.717, 1.165) is 5.56 Å². The highest BCUT2D eigenvalue weighted by molar-refractivity contribution is 5.84. The summed E-state index contributed by atoms with van der Waals surface area (Å²) in [6.07, 6.45) is 0.0169. The Kier molecular flexibility index (Phi) is 7.30. The van der Waals surface area contributed by atoms with Crippen molar-refractivity contribution in [3.8, 4) is 23.0 Å². The van der Waals surface area contributed by atoms with E-state index >= 15 is 0 Å². The fraction of sp³-hybridized carbons (Fsp3) is 0.381. The number of aliphatic hydroxyl groups is 2. The summed E-state index contributed by atoms with van der Waals surface area (Å²) in [6.45, 7) is -0.469. The van der Waals surface area contributed by atoms with E-state index in [0.29, 0.717) is 17.1 Å². The van der Waals surface area contributed by atoms with Crippen LogP contribution in [0.1, 0.15) is 11.1 Å². The Morgan fingerprint density at radius 3 is 2.14 bits per heavy atom. The second-order valence-electron chi connectivity index (χ2n) is 6.74. The van der Waals surface area contributed by atoms with Gasteiger partial charge < -0.3 is 35.3 Å². The van der Waals surface area contributed by atoms with Crippen molar-refractivity contribution in [2.75, 3.05) is 27.9 Å². The number of amides is 1. The normalized spacial score (nSPS) is 14.0. The number of carbonyl (C=O) groups is 1. The quantitative estimate of drug-likeness (QED) is 0.464. The number of nitrogens with two attached hydrogens (primary N) is 1. The van der Waals surface area contributed by atoms with Gasteiger partial charge in [0.1, 0.15) is 0 Å². The number of primary amides is 1. The summed E-state index contributed by atoms with van der Waals surface area (Å²) in [5.41, 5.74) is 4.75. The number of ether oxygens (including phenoxy) is 3. The van der Waals surface area contributed by atoms with Gasteiger partial charge in [0.25, 0.3) is 0 Å². The topological polar surface area (TPSA) is 131 Å². The van der Waals surface area contributed by atoms with Crippen molar-refractivity contribution in [1.29, 1.82) is 0 Å². The Morgan fingerprint density at radius 2 is 1.59 bits per heavy atom. The lowest BCUT2D eigenvalue weighted by Gasteiger charge is -2.33. The first kappa shape index (κ1) is 22.3. The molecule has 2 aromatic carbocycles. The van der Waals surface area contributed by atoms with Gasteiger partial charge in [-0.3, -0.25) is 4.79 Å². The Morgan fingerprint density at radius 1 is 1.00 bits per heavy atom. The van der Waals surface area contributed by atoms with Gasteiger partial charge in [-0.1, -0.05) is 12.1 Å². The number of hydrogen-bond donors (Lipinski definition) is 4. The van der Waals surface area contributed by atoms with Crippen LogP contribution in [0.5, 0.6) is 23.0 Å². The smallest absolute Gasteiger partial charge is 0.250 e. The predicted octanol–water partition coefficient (Wildman–Crippen LogP) is 1.03. The highest BCUT2D eigenvalue weighted by Gasteiger charge is 2.42. The number of phenolic OH excluding ortho intramolecular Hbond substituents is 1. The molecule has 0 radical (unpaired) electrons. The van der Waals surface area contributed by atoms with E-state index in [1.54, 1.807) is 24.3 Å². The zero-order chi connectivity index (χ0) is 21.6. The highest BCUT2D eigenvalue weighted by atomic mass is 16.5. The van der Waals surface area contributed by atoms with Crippen LogP contribution in [-0.4, -0.2) is 54.8 Å². The molecule has 5 N–H and O–H groups in total. The fourth-order valence-corrected chi connectivity index (χ4v) is 3.25. The van der Waals surface area contributed by atoms with Crippen molar-refractivity contribution in [1.82, 2.24) is 0 Å². The highest BCUT2D eigenvalue weighted by Crippen LogP contribution is 2.33. The first-order valence-corrected chi connectivity index (χ1v) is 8.99. The average molecular weight is 405 g/mol. The number of benzene rings is 2. The van der Waals surface area contributed by atoms with Crippen LogP contribution in [0.2, 0.25) is 0 Å². The number of rotatable bonds is 10. The minimum atomic E-state index is -2.02. The summed E-state index contributed by atoms with van der Waals surface area (Å²) in [4.78, 5) is 12.2. The summed E-state index contributed by atoms with van der Waals surface area (Å²) < 4.78 is 15.6. The third-order valence-corrected chi connectivity index (χ3v) is 4.97. The van der Waals surface area contributed by atoms with Crippen molar-refractivity contribution >= 4 is 5.91 Å². The van der Waals surface area contributed by atoms with Gasteiger partial charge in [-0.05, 0) is 41.8 Å². The standard InChI is InChI=1S/C21H27NO7/c1-27-17-7-5-13(9-19(17)29-3)8-15(12-23)21(26,20(22)25)11-14-4-6-16(24)18(10-14)28-2/h4-7,9-10,15,23-24,26H,8,11-12H2,1-3H3,(H2,22,25). The van der Waals surface area contributed by atoms with Gasteiger partial charge >= 0.3 is 0 Å². The summed E-state index contributed by atoms with van der Waals surface area (Å²) in [6, 6.07) is 9.64. The lowest BCUT2D eigenvalue weighted by atomic mass is 9.78. The first-order chi connectivity index (χ1) is 13.8. The van der Waals surface area contributed by atoms with Gasteiger partial charge in [-0.15, -0.1) is 0 Å². The number of aromatic hydroxyl groups is 1. The first-order valence-electron chi connectivity index (χ1n) is 8.99. The second-order valence-corrected chi connectivity index (χ2v) is 6.74. The van der Waals surface area contributed by atoms with Crippen molar-refractivity contribution in [2.24, 2.45) is 11.7 Å². The second kappa shape index (κ2) is 9.49. The van der Waals surface area contributed by atoms with Gasteiger partial charge in [-0.25, -0.2) is 0 Å². The van der Waals surface area contributed by atoms with Crippen LogP contribution in [0, 0.1) is 5.92 Å². The molecule has 1 amide bonds. The van der Waals surface area contributed by atoms with Crippen LogP contribution >= 0.6 is 0 Å².